The number of carbonyl (C=O) groups excluding carboxylic acids is 1. The van der Waals surface area contributed by atoms with E-state index in [9.17, 15) is 14.9 Å². The summed E-state index contributed by atoms with van der Waals surface area (Å²) in [5, 5.41) is 12.7. The molecule has 4 rings (SSSR count). The Bertz CT molecular complexity index is 1100. The van der Waals surface area contributed by atoms with Gasteiger partial charge in [-0.1, -0.05) is 12.1 Å². The molecule has 8 nitrogen and oxygen atoms in total. The Kier molecular flexibility index (Phi) is 6.03. The van der Waals surface area contributed by atoms with Crippen LogP contribution in [0.3, 0.4) is 0 Å². The third kappa shape index (κ3) is 4.18. The van der Waals surface area contributed by atoms with Gasteiger partial charge in [-0.25, -0.2) is 4.98 Å². The molecule has 0 radical (unpaired) electrons. The number of hydrogen-bond acceptors (Lipinski definition) is 7. The average molecular weight is 442 g/mol. The lowest BCUT2D eigenvalue weighted by Crippen LogP contribution is -2.39. The molecule has 0 spiro atoms. The summed E-state index contributed by atoms with van der Waals surface area (Å²) in [7, 11) is 1.45. The largest absolute Gasteiger partial charge is 0.493 e. The zero-order chi connectivity index (χ0) is 22.0. The Balaban J connectivity index is 1.63. The van der Waals surface area contributed by atoms with E-state index in [0.717, 1.165) is 28.1 Å². The number of nitro groups is 1. The number of hydrogen-bond donors (Lipinski definition) is 0. The minimum absolute atomic E-state index is 0.00949. The summed E-state index contributed by atoms with van der Waals surface area (Å²) in [6.07, 6.45) is 1.74. The van der Waals surface area contributed by atoms with Crippen LogP contribution in [0.25, 0.3) is 10.2 Å². The molecule has 1 atom stereocenters. The third-order valence-corrected chi connectivity index (χ3v) is 6.58. The molecule has 9 heteroatoms. The molecule has 1 amide bonds. The van der Waals surface area contributed by atoms with E-state index in [1.807, 2.05) is 24.3 Å². The molecule has 1 aliphatic rings. The van der Waals surface area contributed by atoms with Crippen LogP contribution in [0.15, 0.2) is 36.4 Å². The maximum atomic E-state index is 13.3. The van der Waals surface area contributed by atoms with Gasteiger partial charge in [0.25, 0.3) is 11.6 Å². The first kappa shape index (κ1) is 21.0. The monoisotopic (exact) mass is 441 g/mol. The lowest BCUT2D eigenvalue weighted by atomic mass is 9.97. The van der Waals surface area contributed by atoms with Crippen molar-refractivity contribution in [3.05, 3.63) is 57.1 Å². The molecule has 3 aromatic rings. The molecule has 0 bridgehead atoms. The van der Waals surface area contributed by atoms with Gasteiger partial charge < -0.3 is 14.4 Å². The quantitative estimate of drug-likeness (QED) is 0.409. The predicted molar refractivity (Wildman–Crippen MR) is 118 cm³/mol. The lowest BCUT2D eigenvalue weighted by molar-refractivity contribution is -0.385. The van der Waals surface area contributed by atoms with Gasteiger partial charge in [-0.15, -0.1) is 11.3 Å². The van der Waals surface area contributed by atoms with Crippen LogP contribution in [-0.2, 0) is 0 Å². The van der Waals surface area contributed by atoms with Crippen molar-refractivity contribution in [1.29, 1.82) is 0 Å². The Hall–Kier alpha value is -3.20. The first-order valence-corrected chi connectivity index (χ1v) is 11.0. The highest BCUT2D eigenvalue weighted by atomic mass is 32.1. The number of rotatable bonds is 6. The highest BCUT2D eigenvalue weighted by Crippen LogP contribution is 2.37. The van der Waals surface area contributed by atoms with Gasteiger partial charge in [0.05, 0.1) is 39.9 Å². The van der Waals surface area contributed by atoms with Crippen LogP contribution in [0.1, 0.15) is 41.0 Å². The Labute approximate surface area is 183 Å². The molecule has 2 heterocycles. The number of methoxy groups -OCH3 is 1. The number of ether oxygens (including phenoxy) is 2. The van der Waals surface area contributed by atoms with E-state index in [2.05, 4.69) is 0 Å². The Morgan fingerprint density at radius 3 is 2.84 bits per heavy atom. The van der Waals surface area contributed by atoms with E-state index >= 15 is 0 Å². The van der Waals surface area contributed by atoms with Crippen molar-refractivity contribution in [1.82, 2.24) is 9.88 Å². The maximum Gasteiger partial charge on any atom is 0.286 e. The van der Waals surface area contributed by atoms with Crippen LogP contribution in [-0.4, -0.2) is 47.5 Å². The van der Waals surface area contributed by atoms with Crippen LogP contribution in [0.4, 0.5) is 5.69 Å². The van der Waals surface area contributed by atoms with E-state index in [-0.39, 0.29) is 28.8 Å². The smallest absolute Gasteiger partial charge is 0.286 e. The number of nitro benzene ring substituents is 1. The van der Waals surface area contributed by atoms with E-state index in [4.69, 9.17) is 14.5 Å². The van der Waals surface area contributed by atoms with Crippen LogP contribution >= 0.6 is 11.3 Å². The molecular formula is C22H23N3O5S. The molecular weight excluding hydrogens is 418 g/mol. The first-order valence-electron chi connectivity index (χ1n) is 10.2. The molecule has 2 aromatic carbocycles. The minimum atomic E-state index is -0.551. The normalized spacial score (nSPS) is 16.3. The van der Waals surface area contributed by atoms with E-state index in [1.165, 1.54) is 19.2 Å². The standard InChI is InChI=1S/C22H23N3O5S/c1-3-30-19-12-17(25(27)28)15(11-18(19)29-2)22(26)24-10-6-7-14(13-24)21-23-16-8-4-5-9-20(16)31-21/h4-5,8-9,11-12,14H,3,6-7,10,13H2,1-2H3/t14-/m0/s1. The van der Waals surface area contributed by atoms with Gasteiger partial charge in [-0.3, -0.25) is 14.9 Å². The summed E-state index contributed by atoms with van der Waals surface area (Å²) >= 11 is 1.64. The van der Waals surface area contributed by atoms with Crippen molar-refractivity contribution in [3.63, 3.8) is 0 Å². The van der Waals surface area contributed by atoms with Crippen LogP contribution in [0, 0.1) is 10.1 Å². The molecule has 0 unspecified atom stereocenters. The molecule has 162 valence electrons. The summed E-state index contributed by atoms with van der Waals surface area (Å²) in [5.74, 6) is 0.285. The Morgan fingerprint density at radius 1 is 1.32 bits per heavy atom. The van der Waals surface area contributed by atoms with Crippen molar-refractivity contribution in [2.45, 2.75) is 25.7 Å². The van der Waals surface area contributed by atoms with Gasteiger partial charge in [0.15, 0.2) is 11.5 Å². The summed E-state index contributed by atoms with van der Waals surface area (Å²) in [5.41, 5.74) is 0.685. The second-order valence-corrected chi connectivity index (χ2v) is 8.38. The van der Waals surface area contributed by atoms with Crippen molar-refractivity contribution in [2.75, 3.05) is 26.8 Å². The molecule has 0 N–H and O–H groups in total. The number of fused-ring (bicyclic) bond motifs is 1. The number of para-hydroxylation sites is 1. The minimum Gasteiger partial charge on any atom is -0.493 e. The maximum absolute atomic E-state index is 13.3. The first-order chi connectivity index (χ1) is 15.0. The molecule has 1 fully saturated rings. The molecule has 1 saturated heterocycles. The van der Waals surface area contributed by atoms with Crippen LogP contribution in [0.5, 0.6) is 11.5 Å². The lowest BCUT2D eigenvalue weighted by Gasteiger charge is -2.32. The van der Waals surface area contributed by atoms with Gasteiger partial charge in [0, 0.05) is 25.1 Å². The van der Waals surface area contributed by atoms with Crippen molar-refractivity contribution < 1.29 is 19.2 Å². The molecule has 0 saturated carbocycles. The van der Waals surface area contributed by atoms with E-state index < -0.39 is 4.92 Å². The van der Waals surface area contributed by atoms with Gasteiger partial charge in [0.1, 0.15) is 5.56 Å². The number of benzene rings is 2. The molecule has 0 aliphatic carbocycles. The molecule has 1 aliphatic heterocycles. The SMILES string of the molecule is CCOc1cc([N+](=O)[O-])c(C(=O)N2CCC[C@H](c3nc4ccccc4s3)C2)cc1OC. The zero-order valence-corrected chi connectivity index (χ0v) is 18.2. The summed E-state index contributed by atoms with van der Waals surface area (Å²) in [6.45, 7) is 3.13. The van der Waals surface area contributed by atoms with Crippen molar-refractivity contribution >= 4 is 33.1 Å². The van der Waals surface area contributed by atoms with Crippen LogP contribution < -0.4 is 9.47 Å². The topological polar surface area (TPSA) is 94.8 Å². The number of amides is 1. The fraction of sp³-hybridized carbons (Fsp3) is 0.364. The third-order valence-electron chi connectivity index (χ3n) is 5.38. The summed E-state index contributed by atoms with van der Waals surface area (Å²) in [4.78, 5) is 30.9. The van der Waals surface area contributed by atoms with Gasteiger partial charge in [-0.05, 0) is 31.9 Å². The second kappa shape index (κ2) is 8.89. The number of nitrogens with zero attached hydrogens (tertiary/aromatic N) is 3. The van der Waals surface area contributed by atoms with E-state index in [0.29, 0.717) is 25.4 Å². The number of aromatic nitrogens is 1. The fourth-order valence-electron chi connectivity index (χ4n) is 3.90. The summed E-state index contributed by atoms with van der Waals surface area (Å²) in [6, 6.07) is 10.6. The number of carbonyl (C=O) groups is 1. The van der Waals surface area contributed by atoms with Gasteiger partial charge in [0.2, 0.25) is 0 Å². The second-order valence-electron chi connectivity index (χ2n) is 7.32. The van der Waals surface area contributed by atoms with Gasteiger partial charge >= 0.3 is 0 Å². The summed E-state index contributed by atoms with van der Waals surface area (Å²) < 4.78 is 11.9. The predicted octanol–water partition coefficient (Wildman–Crippen LogP) is 4.63. The number of piperidine rings is 1. The Morgan fingerprint density at radius 2 is 2.13 bits per heavy atom. The average Bonchev–Trinajstić information content (AvgIpc) is 3.23. The fourth-order valence-corrected chi connectivity index (χ4v) is 4.99. The number of thiazole rings is 1. The van der Waals surface area contributed by atoms with Crippen molar-refractivity contribution in [2.24, 2.45) is 0 Å². The van der Waals surface area contributed by atoms with E-state index in [1.54, 1.807) is 23.2 Å². The zero-order valence-electron chi connectivity index (χ0n) is 17.4. The van der Waals surface area contributed by atoms with Crippen molar-refractivity contribution in [3.8, 4) is 11.5 Å². The highest BCUT2D eigenvalue weighted by molar-refractivity contribution is 7.18. The number of likely N-dealkylation sites (tertiary alicyclic amines) is 1. The molecule has 1 aromatic heterocycles. The van der Waals surface area contributed by atoms with Crippen LogP contribution in [0.2, 0.25) is 0 Å². The highest BCUT2D eigenvalue weighted by Gasteiger charge is 2.32. The van der Waals surface area contributed by atoms with Gasteiger partial charge in [-0.2, -0.15) is 0 Å². The molecule has 31 heavy (non-hydrogen) atoms.